The molecule has 0 atom stereocenters. The second kappa shape index (κ2) is 11.6. The normalized spacial score (nSPS) is 17.3. The summed E-state index contributed by atoms with van der Waals surface area (Å²) in [4.78, 5) is 29.0. The van der Waals surface area contributed by atoms with Gasteiger partial charge in [-0.2, -0.15) is 0 Å². The van der Waals surface area contributed by atoms with Crippen LogP contribution < -0.4 is 5.32 Å². The van der Waals surface area contributed by atoms with Gasteiger partial charge in [0.1, 0.15) is 11.3 Å². The number of amides is 1. The summed E-state index contributed by atoms with van der Waals surface area (Å²) in [5, 5.41) is 2.96. The second-order valence-electron chi connectivity index (χ2n) is 10.3. The third-order valence-electron chi connectivity index (χ3n) is 7.58. The summed E-state index contributed by atoms with van der Waals surface area (Å²) in [6.07, 6.45) is 8.72. The number of hydrogen-bond donors (Lipinski definition) is 1. The third-order valence-corrected chi connectivity index (χ3v) is 7.58. The molecule has 5 rings (SSSR count). The van der Waals surface area contributed by atoms with E-state index < -0.39 is 0 Å². The number of nitrogens with zero attached hydrogens (tertiary/aromatic N) is 2. The predicted octanol–water partition coefficient (Wildman–Crippen LogP) is 6.47. The molecule has 2 heterocycles. The minimum Gasteiger partial charge on any atom is -0.466 e. The van der Waals surface area contributed by atoms with Crippen molar-refractivity contribution in [3.63, 3.8) is 0 Å². The average Bonchev–Trinajstić information content (AvgIpc) is 3.37. The Morgan fingerprint density at radius 2 is 1.63 bits per heavy atom. The Morgan fingerprint density at radius 1 is 0.921 bits per heavy atom. The van der Waals surface area contributed by atoms with Crippen LogP contribution in [0.1, 0.15) is 72.1 Å². The van der Waals surface area contributed by atoms with Crippen molar-refractivity contribution in [1.82, 2.24) is 14.7 Å². The molecule has 4 aromatic rings. The van der Waals surface area contributed by atoms with E-state index in [1.807, 2.05) is 60.8 Å². The van der Waals surface area contributed by atoms with E-state index in [1.54, 1.807) is 6.20 Å². The van der Waals surface area contributed by atoms with Gasteiger partial charge in [-0.05, 0) is 85.8 Å². The number of esters is 1. The molecular weight excluding hydrogens is 474 g/mol. The summed E-state index contributed by atoms with van der Waals surface area (Å²) < 4.78 is 7.03. The van der Waals surface area contributed by atoms with Crippen LogP contribution in [0.3, 0.4) is 0 Å². The van der Waals surface area contributed by atoms with Crippen LogP contribution in [0.25, 0.3) is 16.8 Å². The number of rotatable bonds is 8. The topological polar surface area (TPSA) is 72.7 Å². The molecule has 0 radical (unpaired) electrons. The van der Waals surface area contributed by atoms with Crippen molar-refractivity contribution >= 4 is 17.5 Å². The van der Waals surface area contributed by atoms with Crippen molar-refractivity contribution in [2.24, 2.45) is 5.92 Å². The lowest BCUT2D eigenvalue weighted by Crippen LogP contribution is -2.23. The molecule has 1 fully saturated rings. The molecule has 38 heavy (non-hydrogen) atoms. The van der Waals surface area contributed by atoms with E-state index in [-0.39, 0.29) is 11.9 Å². The Morgan fingerprint density at radius 3 is 2.34 bits per heavy atom. The summed E-state index contributed by atoms with van der Waals surface area (Å²) in [5.74, 6) is 0.739. The van der Waals surface area contributed by atoms with E-state index in [1.165, 1.54) is 11.1 Å². The molecule has 196 valence electrons. The molecule has 0 spiro atoms. The lowest BCUT2D eigenvalue weighted by Gasteiger charge is -2.28. The number of aromatic nitrogens is 2. The molecule has 0 unspecified atom stereocenters. The maximum Gasteiger partial charge on any atom is 0.306 e. The largest absolute Gasteiger partial charge is 0.466 e. The van der Waals surface area contributed by atoms with Crippen LogP contribution in [0.15, 0.2) is 73.1 Å². The maximum absolute atomic E-state index is 12.7. The van der Waals surface area contributed by atoms with Crippen LogP contribution >= 0.6 is 0 Å². The molecule has 0 aliphatic heterocycles. The smallest absolute Gasteiger partial charge is 0.306 e. The fraction of sp³-hybridized carbons (Fsp3) is 0.344. The molecule has 1 N–H and O–H groups in total. The van der Waals surface area contributed by atoms with Crippen molar-refractivity contribution in [2.75, 3.05) is 6.61 Å². The Balaban J connectivity index is 1.20. The van der Waals surface area contributed by atoms with Crippen LogP contribution in [0.5, 0.6) is 0 Å². The first-order valence-corrected chi connectivity index (χ1v) is 13.6. The van der Waals surface area contributed by atoms with Gasteiger partial charge in [0.2, 0.25) is 0 Å². The van der Waals surface area contributed by atoms with Crippen molar-refractivity contribution in [1.29, 1.82) is 0 Å². The Kier molecular flexibility index (Phi) is 7.87. The van der Waals surface area contributed by atoms with Gasteiger partial charge in [0, 0.05) is 25.4 Å². The number of fused-ring (bicyclic) bond motifs is 1. The van der Waals surface area contributed by atoms with Gasteiger partial charge in [-0.3, -0.25) is 9.59 Å². The number of ether oxygens (including phenoxy) is 1. The molecule has 2 aromatic heterocycles. The highest BCUT2D eigenvalue weighted by Gasteiger charge is 2.24. The number of aryl methyl sites for hydroxylation is 1. The molecule has 2 aromatic carbocycles. The first-order valence-electron chi connectivity index (χ1n) is 13.6. The number of nitrogens with one attached hydrogen (secondary N) is 1. The quantitative estimate of drug-likeness (QED) is 0.277. The number of imidazole rings is 1. The fourth-order valence-corrected chi connectivity index (χ4v) is 5.35. The van der Waals surface area contributed by atoms with Gasteiger partial charge in [0.25, 0.3) is 5.91 Å². The highest BCUT2D eigenvalue weighted by atomic mass is 16.5. The molecule has 1 saturated carbocycles. The van der Waals surface area contributed by atoms with Crippen LogP contribution in [0, 0.1) is 12.8 Å². The van der Waals surface area contributed by atoms with Gasteiger partial charge in [-0.1, -0.05) is 54.1 Å². The SMILES string of the molecule is CCOC(=O)CC1CCC(c2ccc(-c3ccc4nc(C(=O)NCc5ccc(C)cc5)cn4c3)cc2)CC1. The number of hydrogen-bond acceptors (Lipinski definition) is 4. The van der Waals surface area contributed by atoms with E-state index >= 15 is 0 Å². The molecule has 6 heteroatoms. The summed E-state index contributed by atoms with van der Waals surface area (Å²) in [7, 11) is 0. The molecule has 1 aliphatic carbocycles. The van der Waals surface area contributed by atoms with E-state index in [9.17, 15) is 9.59 Å². The van der Waals surface area contributed by atoms with Crippen LogP contribution in [-0.4, -0.2) is 27.9 Å². The first-order chi connectivity index (χ1) is 18.5. The molecule has 1 amide bonds. The van der Waals surface area contributed by atoms with Gasteiger partial charge in [0.15, 0.2) is 0 Å². The number of carbonyl (C=O) groups is 2. The van der Waals surface area contributed by atoms with Crippen LogP contribution in [0.4, 0.5) is 0 Å². The standard InChI is InChI=1S/C32H35N3O3/c1-3-38-31(36)18-23-8-10-25(11-9-23)26-12-14-27(15-13-26)28-16-17-30-34-29(21-35(30)20-28)32(37)33-19-24-6-4-22(2)5-7-24/h4-7,12-17,20-21,23,25H,3,8-11,18-19H2,1-2H3,(H,33,37). The molecular formula is C32H35N3O3. The van der Waals surface area contributed by atoms with E-state index in [0.717, 1.165) is 48.0 Å². The summed E-state index contributed by atoms with van der Waals surface area (Å²) in [6, 6.07) is 20.9. The van der Waals surface area contributed by atoms with Gasteiger partial charge >= 0.3 is 5.97 Å². The van der Waals surface area contributed by atoms with Crippen LogP contribution in [-0.2, 0) is 16.1 Å². The second-order valence-corrected chi connectivity index (χ2v) is 10.3. The summed E-state index contributed by atoms with van der Waals surface area (Å²) >= 11 is 0. The Hall–Kier alpha value is -3.93. The van der Waals surface area contributed by atoms with Gasteiger partial charge in [0.05, 0.1) is 6.61 Å². The van der Waals surface area contributed by atoms with Gasteiger partial charge < -0.3 is 14.5 Å². The number of benzene rings is 2. The molecule has 0 bridgehead atoms. The molecule has 0 saturated heterocycles. The van der Waals surface area contributed by atoms with Crippen molar-refractivity contribution < 1.29 is 14.3 Å². The summed E-state index contributed by atoms with van der Waals surface area (Å²) in [6.45, 7) is 4.83. The minimum atomic E-state index is -0.183. The van der Waals surface area contributed by atoms with Crippen molar-refractivity contribution in [3.05, 3.63) is 95.4 Å². The molecule has 6 nitrogen and oxygen atoms in total. The fourth-order valence-electron chi connectivity index (χ4n) is 5.35. The zero-order valence-corrected chi connectivity index (χ0v) is 22.2. The monoisotopic (exact) mass is 509 g/mol. The average molecular weight is 510 g/mol. The van der Waals surface area contributed by atoms with Crippen molar-refractivity contribution in [3.8, 4) is 11.1 Å². The maximum atomic E-state index is 12.7. The van der Waals surface area contributed by atoms with Gasteiger partial charge in [-0.15, -0.1) is 0 Å². The lowest BCUT2D eigenvalue weighted by atomic mass is 9.77. The summed E-state index contributed by atoms with van der Waals surface area (Å²) in [5.41, 5.74) is 6.97. The zero-order valence-electron chi connectivity index (χ0n) is 22.2. The van der Waals surface area contributed by atoms with Gasteiger partial charge in [-0.25, -0.2) is 4.98 Å². The number of carbonyl (C=O) groups excluding carboxylic acids is 2. The van der Waals surface area contributed by atoms with Crippen LogP contribution in [0.2, 0.25) is 0 Å². The molecule has 1 aliphatic rings. The number of pyridine rings is 1. The third kappa shape index (κ3) is 6.13. The lowest BCUT2D eigenvalue weighted by molar-refractivity contribution is -0.144. The van der Waals surface area contributed by atoms with E-state index in [2.05, 4.69) is 34.6 Å². The predicted molar refractivity (Wildman–Crippen MR) is 149 cm³/mol. The minimum absolute atomic E-state index is 0.0647. The highest BCUT2D eigenvalue weighted by Crippen LogP contribution is 2.37. The van der Waals surface area contributed by atoms with E-state index in [0.29, 0.717) is 37.1 Å². The first kappa shape index (κ1) is 25.7. The van der Waals surface area contributed by atoms with E-state index in [4.69, 9.17) is 4.74 Å². The highest BCUT2D eigenvalue weighted by molar-refractivity contribution is 5.92. The Bertz CT molecular complexity index is 1400. The zero-order chi connectivity index (χ0) is 26.5. The Labute approximate surface area is 224 Å². The van der Waals surface area contributed by atoms with Crippen molar-refractivity contribution in [2.45, 2.75) is 58.4 Å².